The zero-order valence-corrected chi connectivity index (χ0v) is 28.5. The standard InChI is InChI=1S/C19H23Cl2N3O4.C14H11Cl2NO2/c1-11(2)3-16(18(25)26)23-17(19(27)28)7-15-8-22-10-24(15)9-12-4-13(20)6-14(21)5-12;15-10-5-3-6-11(16)14(10)17-12-7-2-1-4-9(12)8-13(18)19/h4-6,8,10-11,16-17,23H,3,7,9H2,1-2H3,(H,25,26)(H,27,28);1-7,17H,8H2,(H,18,19)/t16-,17-;/m0./s1. The van der Waals surface area contributed by atoms with Crippen molar-refractivity contribution >= 4 is 75.7 Å². The molecule has 2 atom stereocenters. The summed E-state index contributed by atoms with van der Waals surface area (Å²) in [4.78, 5) is 38.1. The minimum absolute atomic E-state index is 0.0642. The van der Waals surface area contributed by atoms with Crippen LogP contribution in [0.1, 0.15) is 37.1 Å². The number of imidazole rings is 1. The smallest absolute Gasteiger partial charge is 0.321 e. The first-order chi connectivity index (χ1) is 22.2. The number of carbonyl (C=O) groups is 3. The van der Waals surface area contributed by atoms with Crippen LogP contribution >= 0.6 is 46.4 Å². The molecule has 3 aromatic carbocycles. The van der Waals surface area contributed by atoms with Crippen molar-refractivity contribution in [3.63, 3.8) is 0 Å². The Hall–Kier alpha value is -3.80. The van der Waals surface area contributed by atoms with Gasteiger partial charge >= 0.3 is 17.9 Å². The highest BCUT2D eigenvalue weighted by Crippen LogP contribution is 2.33. The van der Waals surface area contributed by atoms with Gasteiger partial charge in [0.1, 0.15) is 12.1 Å². The first kappa shape index (κ1) is 37.7. The second-order valence-electron chi connectivity index (χ2n) is 11.0. The van der Waals surface area contributed by atoms with Crippen molar-refractivity contribution in [2.24, 2.45) is 5.92 Å². The zero-order valence-electron chi connectivity index (χ0n) is 25.5. The van der Waals surface area contributed by atoms with Crippen LogP contribution in [0.25, 0.3) is 0 Å². The summed E-state index contributed by atoms with van der Waals surface area (Å²) in [6.07, 6.45) is 3.52. The van der Waals surface area contributed by atoms with E-state index in [-0.39, 0.29) is 18.8 Å². The molecule has 47 heavy (non-hydrogen) atoms. The van der Waals surface area contributed by atoms with E-state index in [2.05, 4.69) is 15.6 Å². The van der Waals surface area contributed by atoms with Gasteiger partial charge in [-0.2, -0.15) is 0 Å². The van der Waals surface area contributed by atoms with E-state index in [0.717, 1.165) is 5.56 Å². The molecule has 1 aromatic heterocycles. The fraction of sp³-hybridized carbons (Fsp3) is 0.273. The number of carboxylic acids is 3. The molecular formula is C33H34Cl4N4O6. The van der Waals surface area contributed by atoms with Crippen molar-refractivity contribution < 1.29 is 29.7 Å². The van der Waals surface area contributed by atoms with Crippen LogP contribution in [0.5, 0.6) is 0 Å². The number of aliphatic carboxylic acids is 3. The second-order valence-corrected chi connectivity index (χ2v) is 12.7. The minimum atomic E-state index is -1.12. The molecule has 0 aliphatic heterocycles. The maximum absolute atomic E-state index is 11.7. The highest BCUT2D eigenvalue weighted by molar-refractivity contribution is 6.39. The Bertz CT molecular complexity index is 1660. The monoisotopic (exact) mass is 722 g/mol. The molecule has 4 aromatic rings. The van der Waals surface area contributed by atoms with E-state index in [4.69, 9.17) is 51.5 Å². The summed E-state index contributed by atoms with van der Waals surface area (Å²) in [5, 5.41) is 35.7. The fourth-order valence-corrected chi connectivity index (χ4v) is 5.71. The Morgan fingerprint density at radius 1 is 0.851 bits per heavy atom. The Balaban J connectivity index is 0.000000274. The minimum Gasteiger partial charge on any atom is -0.481 e. The lowest BCUT2D eigenvalue weighted by Crippen LogP contribution is -2.49. The van der Waals surface area contributed by atoms with Crippen LogP contribution in [0.2, 0.25) is 20.1 Å². The Kier molecular flexibility index (Phi) is 14.4. The molecule has 10 nitrogen and oxygen atoms in total. The molecule has 0 aliphatic rings. The molecular weight excluding hydrogens is 690 g/mol. The van der Waals surface area contributed by atoms with Crippen LogP contribution in [0.4, 0.5) is 11.4 Å². The predicted molar refractivity (Wildman–Crippen MR) is 184 cm³/mol. The quantitative estimate of drug-likeness (QED) is 0.0881. The number of carboxylic acid groups (broad SMARTS) is 3. The van der Waals surface area contributed by atoms with E-state index >= 15 is 0 Å². The third-order valence-electron chi connectivity index (χ3n) is 6.77. The predicted octanol–water partition coefficient (Wildman–Crippen LogP) is 7.69. The maximum atomic E-state index is 11.7. The van der Waals surface area contributed by atoms with E-state index in [1.54, 1.807) is 71.7 Å². The first-order valence-corrected chi connectivity index (χ1v) is 15.9. The highest BCUT2D eigenvalue weighted by Gasteiger charge is 2.27. The van der Waals surface area contributed by atoms with Crippen LogP contribution < -0.4 is 10.6 Å². The number of para-hydroxylation sites is 2. The number of halogens is 4. The van der Waals surface area contributed by atoms with Crippen molar-refractivity contribution in [1.82, 2.24) is 14.9 Å². The molecule has 0 fully saturated rings. The number of nitrogens with zero attached hydrogens (tertiary/aromatic N) is 2. The molecule has 0 aliphatic carbocycles. The van der Waals surface area contributed by atoms with E-state index in [0.29, 0.717) is 55.7 Å². The number of aromatic nitrogens is 2. The number of anilines is 2. The van der Waals surface area contributed by atoms with Crippen molar-refractivity contribution in [2.75, 3.05) is 5.32 Å². The lowest BCUT2D eigenvalue weighted by Gasteiger charge is -2.22. The van der Waals surface area contributed by atoms with Gasteiger partial charge in [0.05, 0.1) is 28.5 Å². The lowest BCUT2D eigenvalue weighted by atomic mass is 10.0. The summed E-state index contributed by atoms with van der Waals surface area (Å²) >= 11 is 24.2. The fourth-order valence-electron chi connectivity index (χ4n) is 4.65. The topological polar surface area (TPSA) is 154 Å². The van der Waals surface area contributed by atoms with Crippen LogP contribution in [0, 0.1) is 5.92 Å². The molecule has 5 N–H and O–H groups in total. The molecule has 0 saturated heterocycles. The third kappa shape index (κ3) is 12.1. The number of hydrogen-bond acceptors (Lipinski definition) is 6. The summed E-state index contributed by atoms with van der Waals surface area (Å²) in [6, 6.07) is 15.5. The SMILES string of the molecule is CC(C)C[C@H](N[C@@H](Cc1cncn1Cc1cc(Cl)cc(Cl)c1)C(=O)O)C(=O)O.O=C(O)Cc1ccccc1Nc1c(Cl)cccc1Cl. The van der Waals surface area contributed by atoms with E-state index < -0.39 is 30.0 Å². The number of benzene rings is 3. The van der Waals surface area contributed by atoms with Gasteiger partial charge in [-0.3, -0.25) is 19.7 Å². The summed E-state index contributed by atoms with van der Waals surface area (Å²) in [5.41, 5.74) is 3.43. The van der Waals surface area contributed by atoms with Gasteiger partial charge in [-0.25, -0.2) is 4.98 Å². The molecule has 14 heteroatoms. The first-order valence-electron chi connectivity index (χ1n) is 14.4. The van der Waals surface area contributed by atoms with Crippen LogP contribution in [0.15, 0.2) is 73.2 Å². The average molecular weight is 724 g/mol. The van der Waals surface area contributed by atoms with E-state index in [9.17, 15) is 24.6 Å². The molecule has 0 spiro atoms. The van der Waals surface area contributed by atoms with Crippen molar-refractivity contribution in [1.29, 1.82) is 0 Å². The van der Waals surface area contributed by atoms with Gasteiger partial charge in [-0.05, 0) is 59.9 Å². The van der Waals surface area contributed by atoms with Gasteiger partial charge < -0.3 is 25.2 Å². The Morgan fingerprint density at radius 3 is 2.04 bits per heavy atom. The van der Waals surface area contributed by atoms with Crippen LogP contribution in [-0.4, -0.2) is 54.9 Å². The van der Waals surface area contributed by atoms with E-state index in [1.165, 1.54) is 0 Å². The summed E-state index contributed by atoms with van der Waals surface area (Å²) < 4.78 is 1.79. The Morgan fingerprint density at radius 2 is 1.47 bits per heavy atom. The van der Waals surface area contributed by atoms with Gasteiger partial charge in [-0.1, -0.05) is 84.5 Å². The molecule has 4 rings (SSSR count). The molecule has 0 radical (unpaired) electrons. The molecule has 0 amide bonds. The maximum Gasteiger partial charge on any atom is 0.321 e. The largest absolute Gasteiger partial charge is 0.481 e. The van der Waals surface area contributed by atoms with Gasteiger partial charge in [0.2, 0.25) is 0 Å². The number of rotatable bonds is 14. The molecule has 0 saturated carbocycles. The summed E-state index contributed by atoms with van der Waals surface area (Å²) in [5.74, 6) is -2.96. The van der Waals surface area contributed by atoms with Crippen LogP contribution in [0.3, 0.4) is 0 Å². The van der Waals surface area contributed by atoms with Crippen LogP contribution in [-0.2, 0) is 33.8 Å². The third-order valence-corrected chi connectivity index (χ3v) is 7.84. The summed E-state index contributed by atoms with van der Waals surface area (Å²) in [6.45, 7) is 4.19. The molecule has 250 valence electrons. The normalized spacial score (nSPS) is 12.1. The van der Waals surface area contributed by atoms with Gasteiger partial charge in [0.15, 0.2) is 0 Å². The number of nitrogens with one attached hydrogen (secondary N) is 2. The van der Waals surface area contributed by atoms with Crippen molar-refractivity contribution in [3.05, 3.63) is 110 Å². The van der Waals surface area contributed by atoms with Gasteiger partial charge in [0, 0.05) is 40.6 Å². The van der Waals surface area contributed by atoms with Gasteiger partial charge in [0.25, 0.3) is 0 Å². The average Bonchev–Trinajstić information content (AvgIpc) is 3.40. The molecule has 1 heterocycles. The van der Waals surface area contributed by atoms with Gasteiger partial charge in [-0.15, -0.1) is 0 Å². The van der Waals surface area contributed by atoms with E-state index in [1.807, 2.05) is 19.9 Å². The Labute approximate surface area is 292 Å². The lowest BCUT2D eigenvalue weighted by molar-refractivity contribution is -0.143. The van der Waals surface area contributed by atoms with Crippen molar-refractivity contribution in [2.45, 2.75) is 51.7 Å². The molecule has 0 bridgehead atoms. The highest BCUT2D eigenvalue weighted by atomic mass is 35.5. The second kappa shape index (κ2) is 17.9. The van der Waals surface area contributed by atoms with Crippen molar-refractivity contribution in [3.8, 4) is 0 Å². The number of hydrogen-bond donors (Lipinski definition) is 5. The molecule has 0 unspecified atom stereocenters. The zero-order chi connectivity index (χ0) is 34.7. The summed E-state index contributed by atoms with van der Waals surface area (Å²) in [7, 11) is 0.